The molecule has 0 bridgehead atoms. The van der Waals surface area contributed by atoms with Gasteiger partial charge in [-0.15, -0.1) is 11.6 Å². The van der Waals surface area contributed by atoms with Crippen molar-refractivity contribution in [2.45, 2.75) is 12.8 Å². The third-order valence-corrected chi connectivity index (χ3v) is 3.73. The molecule has 1 amide bonds. The molecule has 0 unspecified atom stereocenters. The molecule has 2 radical (unpaired) electrons. The first-order valence-corrected chi connectivity index (χ1v) is 7.10. The molecule has 1 aliphatic heterocycles. The lowest BCUT2D eigenvalue weighted by molar-refractivity contribution is -0.129. The minimum atomic E-state index is 0.0441. The Bertz CT molecular complexity index is 450. The first-order chi connectivity index (χ1) is 9.19. The second-order valence-corrected chi connectivity index (χ2v) is 5.14. The monoisotopic (exact) mass is 273 g/mol. The topological polar surface area (TPSA) is 20.3 Å². The van der Waals surface area contributed by atoms with Gasteiger partial charge in [-0.3, -0.25) is 4.79 Å². The number of carbonyl (C=O) groups excluding carboxylic acids is 1. The molecule has 0 aromatic heterocycles. The van der Waals surface area contributed by atoms with Crippen LogP contribution in [0, 0.1) is 5.92 Å². The van der Waals surface area contributed by atoms with Crippen molar-refractivity contribution in [1.82, 2.24) is 4.90 Å². The summed E-state index contributed by atoms with van der Waals surface area (Å²) < 4.78 is 0. The second-order valence-electron chi connectivity index (χ2n) is 4.88. The highest BCUT2D eigenvalue weighted by Crippen LogP contribution is 2.19. The van der Waals surface area contributed by atoms with E-state index >= 15 is 0 Å². The summed E-state index contributed by atoms with van der Waals surface area (Å²) in [6.07, 6.45) is 6.37. The van der Waals surface area contributed by atoms with Crippen molar-refractivity contribution in [1.29, 1.82) is 0 Å². The highest BCUT2D eigenvalue weighted by molar-refractivity contribution is 6.32. The lowest BCUT2D eigenvalue weighted by Gasteiger charge is -2.30. The van der Waals surface area contributed by atoms with Gasteiger partial charge >= 0.3 is 0 Å². The second kappa shape index (κ2) is 6.81. The Labute approximate surface area is 120 Å². The predicted molar refractivity (Wildman–Crippen MR) is 80.9 cm³/mol. The quantitative estimate of drug-likeness (QED) is 0.609. The van der Waals surface area contributed by atoms with Crippen LogP contribution in [0.4, 0.5) is 0 Å². The number of nitrogens with zero attached hydrogens (tertiary/aromatic N) is 1. The number of likely N-dealkylation sites (tertiary alicyclic amines) is 1. The predicted octanol–water partition coefficient (Wildman–Crippen LogP) is 1.97. The summed E-state index contributed by atoms with van der Waals surface area (Å²) in [6, 6.07) is 7.83. The number of halogens is 1. The fourth-order valence-electron chi connectivity index (χ4n) is 2.28. The Hall–Kier alpha value is -1.22. The fraction of sp³-hybridized carbons (Fsp3) is 0.400. The molecule has 98 valence electrons. The number of rotatable bonds is 3. The van der Waals surface area contributed by atoms with E-state index in [0.29, 0.717) is 5.92 Å². The number of carbonyl (C=O) groups is 1. The summed E-state index contributed by atoms with van der Waals surface area (Å²) in [6.45, 7) is 1.62. The molecule has 1 aromatic carbocycles. The van der Waals surface area contributed by atoms with E-state index in [-0.39, 0.29) is 11.8 Å². The average molecular weight is 274 g/mol. The summed E-state index contributed by atoms with van der Waals surface area (Å²) in [7, 11) is 5.65. The van der Waals surface area contributed by atoms with Crippen LogP contribution in [0.15, 0.2) is 30.3 Å². The lowest BCUT2D eigenvalue weighted by Crippen LogP contribution is -2.38. The van der Waals surface area contributed by atoms with E-state index < -0.39 is 0 Å². The molecule has 1 fully saturated rings. The summed E-state index contributed by atoms with van der Waals surface area (Å²) in [5.74, 6) is 0.672. The van der Waals surface area contributed by atoms with Crippen molar-refractivity contribution in [3.8, 4) is 0 Å². The molecule has 2 rings (SSSR count). The number of hydrogen-bond acceptors (Lipinski definition) is 1. The molecule has 0 aliphatic carbocycles. The summed E-state index contributed by atoms with van der Waals surface area (Å²) in [4.78, 5) is 13.3. The molecular weight excluding hydrogens is 256 g/mol. The first-order valence-electron chi connectivity index (χ1n) is 6.56. The molecule has 1 aliphatic rings. The van der Waals surface area contributed by atoms with E-state index in [1.807, 2.05) is 29.2 Å². The molecule has 1 heterocycles. The fourth-order valence-corrected chi connectivity index (χ4v) is 2.45. The van der Waals surface area contributed by atoms with Crippen molar-refractivity contribution >= 4 is 36.9 Å². The van der Waals surface area contributed by atoms with Crippen LogP contribution in [0.3, 0.4) is 0 Å². The molecule has 19 heavy (non-hydrogen) atoms. The van der Waals surface area contributed by atoms with Gasteiger partial charge in [-0.2, -0.15) is 0 Å². The average Bonchev–Trinajstić information content (AvgIpc) is 2.46. The molecular formula is C15H17BClNO. The minimum Gasteiger partial charge on any atom is -0.342 e. The van der Waals surface area contributed by atoms with Gasteiger partial charge in [0.1, 0.15) is 13.7 Å². The van der Waals surface area contributed by atoms with E-state index in [2.05, 4.69) is 12.2 Å². The van der Waals surface area contributed by atoms with Crippen LogP contribution in [0.5, 0.6) is 0 Å². The third kappa shape index (κ3) is 4.14. The van der Waals surface area contributed by atoms with Gasteiger partial charge in [0.05, 0.1) is 0 Å². The molecule has 2 nitrogen and oxygen atoms in total. The van der Waals surface area contributed by atoms with Crippen molar-refractivity contribution < 1.29 is 4.79 Å². The van der Waals surface area contributed by atoms with Crippen LogP contribution in [-0.4, -0.2) is 37.6 Å². The Morgan fingerprint density at radius 1 is 1.32 bits per heavy atom. The zero-order valence-corrected chi connectivity index (χ0v) is 11.6. The molecule has 0 saturated carbocycles. The Morgan fingerprint density at radius 2 is 1.95 bits per heavy atom. The molecule has 0 atom stereocenters. The van der Waals surface area contributed by atoms with Crippen molar-refractivity contribution in [3.63, 3.8) is 0 Å². The van der Waals surface area contributed by atoms with Crippen molar-refractivity contribution in [2.24, 2.45) is 5.92 Å². The zero-order chi connectivity index (χ0) is 13.7. The number of amides is 1. The number of hydrogen-bond donors (Lipinski definition) is 0. The van der Waals surface area contributed by atoms with Gasteiger partial charge in [0.2, 0.25) is 5.91 Å². The number of piperidine rings is 1. The summed E-state index contributed by atoms with van der Waals surface area (Å²) in [5, 5.41) is 0. The van der Waals surface area contributed by atoms with Crippen LogP contribution in [0.2, 0.25) is 0 Å². The Kier molecular flexibility index (Phi) is 5.09. The molecule has 0 N–H and O–H groups in total. The van der Waals surface area contributed by atoms with Gasteiger partial charge in [-0.1, -0.05) is 41.9 Å². The highest BCUT2D eigenvalue weighted by Gasteiger charge is 2.20. The maximum atomic E-state index is 11.4. The smallest absolute Gasteiger partial charge is 0.237 e. The van der Waals surface area contributed by atoms with Crippen LogP contribution in [-0.2, 0) is 4.79 Å². The highest BCUT2D eigenvalue weighted by atomic mass is 35.5. The van der Waals surface area contributed by atoms with Crippen molar-refractivity contribution in [3.05, 3.63) is 35.9 Å². The van der Waals surface area contributed by atoms with Gasteiger partial charge in [-0.25, -0.2) is 0 Å². The molecule has 4 heteroatoms. The van der Waals surface area contributed by atoms with Crippen LogP contribution in [0.25, 0.3) is 6.08 Å². The molecule has 1 saturated heterocycles. The van der Waals surface area contributed by atoms with Gasteiger partial charge in [0, 0.05) is 13.1 Å². The van der Waals surface area contributed by atoms with E-state index in [0.717, 1.165) is 37.0 Å². The van der Waals surface area contributed by atoms with Crippen molar-refractivity contribution in [2.75, 3.05) is 19.0 Å². The number of allylic oxidation sites excluding steroid dienone is 1. The number of alkyl halides is 1. The van der Waals surface area contributed by atoms with Gasteiger partial charge in [0.15, 0.2) is 0 Å². The van der Waals surface area contributed by atoms with Crippen LogP contribution >= 0.6 is 11.6 Å². The third-order valence-electron chi connectivity index (χ3n) is 3.50. The SMILES string of the molecule is [B]c1ccc(/C=C/C2CCN(C(=O)CCl)CC2)cc1. The summed E-state index contributed by atoms with van der Waals surface area (Å²) >= 11 is 5.56. The maximum Gasteiger partial charge on any atom is 0.237 e. The van der Waals surface area contributed by atoms with Gasteiger partial charge in [-0.05, 0) is 24.3 Å². The Balaban J connectivity index is 1.85. The van der Waals surface area contributed by atoms with E-state index in [1.54, 1.807) is 0 Å². The van der Waals surface area contributed by atoms with E-state index in [9.17, 15) is 4.79 Å². The largest absolute Gasteiger partial charge is 0.342 e. The number of benzene rings is 1. The van der Waals surface area contributed by atoms with Gasteiger partial charge < -0.3 is 4.90 Å². The van der Waals surface area contributed by atoms with Gasteiger partial charge in [0.25, 0.3) is 0 Å². The first kappa shape index (κ1) is 14.2. The maximum absolute atomic E-state index is 11.4. The van der Waals surface area contributed by atoms with Crippen LogP contribution in [0.1, 0.15) is 18.4 Å². The lowest BCUT2D eigenvalue weighted by atomic mass is 9.93. The van der Waals surface area contributed by atoms with E-state index in [4.69, 9.17) is 19.4 Å². The normalized spacial score (nSPS) is 17.0. The summed E-state index contributed by atoms with van der Waals surface area (Å²) in [5.41, 5.74) is 1.94. The molecule has 1 aromatic rings. The zero-order valence-electron chi connectivity index (χ0n) is 10.9. The molecule has 0 spiro atoms. The minimum absolute atomic E-state index is 0.0441. The standard InChI is InChI=1S/C15H17BClNO/c16-14-5-3-12(4-6-14)1-2-13-7-9-18(10-8-13)15(19)11-17/h1-6,13H,7-11H2/b2-1+. The Morgan fingerprint density at radius 3 is 2.53 bits per heavy atom. The van der Waals surface area contributed by atoms with Crippen LogP contribution < -0.4 is 5.46 Å². The van der Waals surface area contributed by atoms with E-state index in [1.165, 1.54) is 0 Å².